The summed E-state index contributed by atoms with van der Waals surface area (Å²) in [6.07, 6.45) is -1.41. The van der Waals surface area contributed by atoms with Gasteiger partial charge < -0.3 is 19.1 Å². The summed E-state index contributed by atoms with van der Waals surface area (Å²) in [5.41, 5.74) is 2.05. The van der Waals surface area contributed by atoms with Crippen molar-refractivity contribution in [3.8, 4) is 22.8 Å². The first-order valence-corrected chi connectivity index (χ1v) is 7.35. The number of rotatable bonds is 4. The van der Waals surface area contributed by atoms with Gasteiger partial charge >= 0.3 is 6.16 Å². The van der Waals surface area contributed by atoms with Crippen LogP contribution in [-0.2, 0) is 0 Å². The molecule has 0 spiro atoms. The standard InChI is InChI=1S/C17H16N2O5/c1-9(2)12-8-13(23-17(20)21)14-15(19-24-16(14)18-12)10-5-4-6-11(7-10)22-3/h4-9H,1-3H3,(H,20,21). The van der Waals surface area contributed by atoms with E-state index < -0.39 is 6.16 Å². The third kappa shape index (κ3) is 2.88. The number of carboxylic acid groups (broad SMARTS) is 1. The van der Waals surface area contributed by atoms with Crippen LogP contribution >= 0.6 is 0 Å². The zero-order chi connectivity index (χ0) is 17.3. The molecule has 7 heteroatoms. The third-order valence-corrected chi connectivity index (χ3v) is 3.56. The van der Waals surface area contributed by atoms with Gasteiger partial charge in [0, 0.05) is 11.6 Å². The summed E-state index contributed by atoms with van der Waals surface area (Å²) < 4.78 is 15.5. The number of methoxy groups -OCH3 is 1. The molecule has 24 heavy (non-hydrogen) atoms. The van der Waals surface area contributed by atoms with Crippen molar-refractivity contribution in [1.29, 1.82) is 0 Å². The van der Waals surface area contributed by atoms with Gasteiger partial charge in [0.15, 0.2) is 5.75 Å². The molecule has 3 aromatic rings. The fourth-order valence-corrected chi connectivity index (χ4v) is 2.37. The average molecular weight is 328 g/mol. The van der Waals surface area contributed by atoms with Gasteiger partial charge in [-0.1, -0.05) is 31.1 Å². The monoisotopic (exact) mass is 328 g/mol. The minimum Gasteiger partial charge on any atom is -0.497 e. The summed E-state index contributed by atoms with van der Waals surface area (Å²) in [7, 11) is 1.56. The second kappa shape index (κ2) is 6.19. The fraction of sp³-hybridized carbons (Fsp3) is 0.235. The number of hydrogen-bond acceptors (Lipinski definition) is 6. The van der Waals surface area contributed by atoms with Gasteiger partial charge in [0.05, 0.1) is 12.8 Å². The molecule has 1 aromatic carbocycles. The van der Waals surface area contributed by atoms with Crippen molar-refractivity contribution in [2.45, 2.75) is 19.8 Å². The van der Waals surface area contributed by atoms with E-state index in [4.69, 9.17) is 19.1 Å². The maximum atomic E-state index is 11.1. The van der Waals surface area contributed by atoms with Crippen LogP contribution in [0.1, 0.15) is 25.5 Å². The van der Waals surface area contributed by atoms with Crippen molar-refractivity contribution in [3.63, 3.8) is 0 Å². The number of benzene rings is 1. The molecule has 124 valence electrons. The van der Waals surface area contributed by atoms with E-state index in [2.05, 4.69) is 10.1 Å². The Labute approximate surface area is 137 Å². The molecular weight excluding hydrogens is 312 g/mol. The minimum atomic E-state index is -1.41. The fourth-order valence-electron chi connectivity index (χ4n) is 2.37. The molecule has 0 saturated carbocycles. The van der Waals surface area contributed by atoms with Crippen LogP contribution in [0.15, 0.2) is 34.9 Å². The number of aromatic nitrogens is 2. The van der Waals surface area contributed by atoms with Crippen molar-refractivity contribution in [2.24, 2.45) is 0 Å². The molecule has 1 N–H and O–H groups in total. The van der Waals surface area contributed by atoms with Gasteiger partial charge in [-0.25, -0.2) is 9.78 Å². The highest BCUT2D eigenvalue weighted by atomic mass is 16.7. The molecule has 7 nitrogen and oxygen atoms in total. The molecule has 2 heterocycles. The van der Waals surface area contributed by atoms with Crippen molar-refractivity contribution in [3.05, 3.63) is 36.0 Å². The largest absolute Gasteiger partial charge is 0.511 e. The Hall–Kier alpha value is -3.09. The van der Waals surface area contributed by atoms with Crippen LogP contribution in [0.4, 0.5) is 4.79 Å². The molecule has 0 aliphatic heterocycles. The Morgan fingerprint density at radius 1 is 1.29 bits per heavy atom. The SMILES string of the molecule is COc1cccc(-c2noc3nc(C(C)C)cc(OC(=O)O)c23)c1. The van der Waals surface area contributed by atoms with E-state index in [1.165, 1.54) is 0 Å². The average Bonchev–Trinajstić information content (AvgIpc) is 2.98. The normalized spacial score (nSPS) is 11.0. The van der Waals surface area contributed by atoms with Crippen LogP contribution in [0.5, 0.6) is 11.5 Å². The summed E-state index contributed by atoms with van der Waals surface area (Å²) in [5.74, 6) is 0.877. The number of fused-ring (bicyclic) bond motifs is 1. The second-order valence-electron chi connectivity index (χ2n) is 5.51. The second-order valence-corrected chi connectivity index (χ2v) is 5.51. The lowest BCUT2D eigenvalue weighted by Gasteiger charge is -2.08. The van der Waals surface area contributed by atoms with E-state index in [9.17, 15) is 4.79 Å². The molecular formula is C17H16N2O5. The van der Waals surface area contributed by atoms with Crippen LogP contribution < -0.4 is 9.47 Å². The Morgan fingerprint density at radius 3 is 2.75 bits per heavy atom. The Bertz CT molecular complexity index is 901. The molecule has 0 aliphatic carbocycles. The summed E-state index contributed by atoms with van der Waals surface area (Å²) in [4.78, 5) is 15.4. The minimum absolute atomic E-state index is 0.0796. The van der Waals surface area contributed by atoms with Gasteiger partial charge in [0.1, 0.15) is 16.8 Å². The number of nitrogens with zero attached hydrogens (tertiary/aromatic N) is 2. The molecule has 0 unspecified atom stereocenters. The third-order valence-electron chi connectivity index (χ3n) is 3.56. The molecule has 0 radical (unpaired) electrons. The highest BCUT2D eigenvalue weighted by Crippen LogP contribution is 2.37. The Balaban J connectivity index is 2.24. The van der Waals surface area contributed by atoms with E-state index in [1.54, 1.807) is 25.3 Å². The lowest BCUT2D eigenvalue weighted by Crippen LogP contribution is -2.05. The predicted octanol–water partition coefficient (Wildman–Crippen LogP) is 4.08. The first-order chi connectivity index (χ1) is 11.5. The van der Waals surface area contributed by atoms with E-state index in [0.29, 0.717) is 28.1 Å². The lowest BCUT2D eigenvalue weighted by molar-refractivity contribution is 0.145. The quantitative estimate of drug-likeness (QED) is 0.721. The number of hydrogen-bond donors (Lipinski definition) is 1. The van der Waals surface area contributed by atoms with Gasteiger partial charge in [-0.2, -0.15) is 0 Å². The zero-order valence-corrected chi connectivity index (χ0v) is 13.4. The van der Waals surface area contributed by atoms with Crippen LogP contribution in [0.2, 0.25) is 0 Å². The number of carbonyl (C=O) groups is 1. The Kier molecular flexibility index (Phi) is 4.07. The van der Waals surface area contributed by atoms with Crippen molar-refractivity contribution < 1.29 is 23.9 Å². The smallest absolute Gasteiger partial charge is 0.497 e. The van der Waals surface area contributed by atoms with Crippen molar-refractivity contribution in [1.82, 2.24) is 10.1 Å². The highest BCUT2D eigenvalue weighted by Gasteiger charge is 2.21. The van der Waals surface area contributed by atoms with Gasteiger partial charge in [-0.05, 0) is 18.1 Å². The van der Waals surface area contributed by atoms with E-state index in [0.717, 1.165) is 0 Å². The maximum Gasteiger partial charge on any atom is 0.511 e. The molecule has 3 rings (SSSR count). The van der Waals surface area contributed by atoms with Gasteiger partial charge in [0.2, 0.25) is 0 Å². The van der Waals surface area contributed by atoms with E-state index >= 15 is 0 Å². The molecule has 0 saturated heterocycles. The van der Waals surface area contributed by atoms with Crippen LogP contribution in [0, 0.1) is 0 Å². The van der Waals surface area contributed by atoms with Crippen LogP contribution in [-0.4, -0.2) is 28.5 Å². The van der Waals surface area contributed by atoms with E-state index in [1.807, 2.05) is 26.0 Å². The molecule has 0 aliphatic rings. The first kappa shape index (κ1) is 15.8. The maximum absolute atomic E-state index is 11.1. The zero-order valence-electron chi connectivity index (χ0n) is 13.4. The van der Waals surface area contributed by atoms with Crippen molar-refractivity contribution >= 4 is 17.3 Å². The topological polar surface area (TPSA) is 94.7 Å². The number of pyridine rings is 1. The van der Waals surface area contributed by atoms with Crippen LogP contribution in [0.25, 0.3) is 22.4 Å². The lowest BCUT2D eigenvalue weighted by atomic mass is 10.1. The molecule has 0 atom stereocenters. The van der Waals surface area contributed by atoms with Gasteiger partial charge in [-0.15, -0.1) is 0 Å². The van der Waals surface area contributed by atoms with Gasteiger partial charge in [0.25, 0.3) is 5.71 Å². The molecule has 0 amide bonds. The summed E-state index contributed by atoms with van der Waals surface area (Å²) in [5, 5.41) is 13.5. The number of ether oxygens (including phenoxy) is 2. The first-order valence-electron chi connectivity index (χ1n) is 7.35. The summed E-state index contributed by atoms with van der Waals surface area (Å²) >= 11 is 0. The predicted molar refractivity (Wildman–Crippen MR) is 86.5 cm³/mol. The van der Waals surface area contributed by atoms with Crippen LogP contribution in [0.3, 0.4) is 0 Å². The Morgan fingerprint density at radius 2 is 2.08 bits per heavy atom. The summed E-state index contributed by atoms with van der Waals surface area (Å²) in [6, 6.07) is 8.80. The van der Waals surface area contributed by atoms with Crippen molar-refractivity contribution in [2.75, 3.05) is 7.11 Å². The molecule has 2 aromatic heterocycles. The van der Waals surface area contributed by atoms with Gasteiger partial charge in [-0.3, -0.25) is 0 Å². The highest BCUT2D eigenvalue weighted by molar-refractivity contribution is 5.95. The summed E-state index contributed by atoms with van der Waals surface area (Å²) in [6.45, 7) is 3.89. The molecule has 0 bridgehead atoms. The van der Waals surface area contributed by atoms with E-state index in [-0.39, 0.29) is 17.4 Å². The molecule has 0 fully saturated rings.